The number of anilines is 1. The van der Waals surface area contributed by atoms with Crippen LogP contribution in [0.5, 0.6) is 0 Å². The van der Waals surface area contributed by atoms with Crippen LogP contribution in [0.1, 0.15) is 24.0 Å². The van der Waals surface area contributed by atoms with Gasteiger partial charge in [-0.3, -0.25) is 4.90 Å². The van der Waals surface area contributed by atoms with Gasteiger partial charge in [0.05, 0.1) is 6.61 Å². The summed E-state index contributed by atoms with van der Waals surface area (Å²) in [5.74, 6) is 0.862. The normalized spacial score (nSPS) is 19.5. The van der Waals surface area contributed by atoms with Crippen molar-refractivity contribution in [1.82, 2.24) is 4.90 Å². The topological polar surface area (TPSA) is 38.5 Å². The lowest BCUT2D eigenvalue weighted by Crippen LogP contribution is -2.22. The zero-order valence-corrected chi connectivity index (χ0v) is 10.2. The Morgan fingerprint density at radius 3 is 2.94 bits per heavy atom. The molecule has 2 aliphatic rings. The Bertz CT molecular complexity index is 401. The minimum Gasteiger partial charge on any atom is -0.398 e. The van der Waals surface area contributed by atoms with Gasteiger partial charge in [0.25, 0.3) is 0 Å². The van der Waals surface area contributed by atoms with E-state index in [9.17, 15) is 0 Å². The number of fused-ring (bicyclic) bond motifs is 1. The molecule has 3 nitrogen and oxygen atoms in total. The second-order valence-corrected chi connectivity index (χ2v) is 5.21. The van der Waals surface area contributed by atoms with Crippen molar-refractivity contribution in [2.75, 3.05) is 25.5 Å². The van der Waals surface area contributed by atoms with Gasteiger partial charge in [-0.25, -0.2) is 0 Å². The van der Waals surface area contributed by atoms with E-state index in [1.54, 1.807) is 0 Å². The van der Waals surface area contributed by atoms with Crippen LogP contribution in [0.15, 0.2) is 18.2 Å². The molecule has 0 radical (unpaired) electrons. The fourth-order valence-electron chi connectivity index (χ4n) is 2.40. The molecule has 0 unspecified atom stereocenters. The van der Waals surface area contributed by atoms with Gasteiger partial charge in [0, 0.05) is 31.9 Å². The first-order chi connectivity index (χ1) is 8.33. The van der Waals surface area contributed by atoms with Crippen LogP contribution in [0.3, 0.4) is 0 Å². The summed E-state index contributed by atoms with van der Waals surface area (Å²) >= 11 is 0. The van der Waals surface area contributed by atoms with Crippen LogP contribution < -0.4 is 5.73 Å². The first-order valence-electron chi connectivity index (χ1n) is 6.49. The van der Waals surface area contributed by atoms with E-state index in [-0.39, 0.29) is 0 Å². The van der Waals surface area contributed by atoms with Crippen molar-refractivity contribution in [3.05, 3.63) is 29.3 Å². The quantitative estimate of drug-likeness (QED) is 0.623. The van der Waals surface area contributed by atoms with Gasteiger partial charge in [-0.05, 0) is 36.0 Å². The van der Waals surface area contributed by atoms with Crippen LogP contribution in [-0.4, -0.2) is 24.7 Å². The van der Waals surface area contributed by atoms with E-state index in [2.05, 4.69) is 11.0 Å². The van der Waals surface area contributed by atoms with E-state index in [1.165, 1.54) is 24.0 Å². The molecule has 1 aliphatic heterocycles. The molecule has 3 rings (SSSR count). The first-order valence-corrected chi connectivity index (χ1v) is 6.49. The summed E-state index contributed by atoms with van der Waals surface area (Å²) in [6, 6.07) is 6.21. The summed E-state index contributed by atoms with van der Waals surface area (Å²) in [7, 11) is 0. The second-order valence-electron chi connectivity index (χ2n) is 5.21. The SMILES string of the molecule is Nc1cccc2c1CN(CCOCC1CC1)C2. The Labute approximate surface area is 103 Å². The molecule has 1 aromatic carbocycles. The lowest BCUT2D eigenvalue weighted by atomic mass is 10.1. The van der Waals surface area contributed by atoms with Crippen molar-refractivity contribution < 1.29 is 4.74 Å². The van der Waals surface area contributed by atoms with Crippen LogP contribution in [-0.2, 0) is 17.8 Å². The van der Waals surface area contributed by atoms with Gasteiger partial charge >= 0.3 is 0 Å². The number of hydrogen-bond acceptors (Lipinski definition) is 3. The number of ether oxygens (including phenoxy) is 1. The highest BCUT2D eigenvalue weighted by atomic mass is 16.5. The van der Waals surface area contributed by atoms with Crippen molar-refractivity contribution >= 4 is 5.69 Å². The molecule has 2 N–H and O–H groups in total. The van der Waals surface area contributed by atoms with E-state index in [1.807, 2.05) is 12.1 Å². The number of hydrogen-bond donors (Lipinski definition) is 1. The third-order valence-corrected chi connectivity index (χ3v) is 3.69. The third kappa shape index (κ3) is 2.61. The summed E-state index contributed by atoms with van der Waals surface area (Å²) in [6.07, 6.45) is 2.73. The molecule has 17 heavy (non-hydrogen) atoms. The Balaban J connectivity index is 1.46. The molecule has 0 saturated heterocycles. The largest absolute Gasteiger partial charge is 0.398 e. The van der Waals surface area contributed by atoms with Crippen molar-refractivity contribution in [2.24, 2.45) is 5.92 Å². The maximum absolute atomic E-state index is 5.98. The molecule has 1 heterocycles. The first kappa shape index (κ1) is 11.1. The highest BCUT2D eigenvalue weighted by Gasteiger charge is 2.22. The zero-order chi connectivity index (χ0) is 11.7. The standard InChI is InChI=1S/C14H20N2O/c15-14-3-1-2-12-8-16(9-13(12)14)6-7-17-10-11-4-5-11/h1-3,11H,4-10,15H2. The predicted octanol–water partition coefficient (Wildman–Crippen LogP) is 2.01. The van der Waals surface area contributed by atoms with Crippen LogP contribution in [0.25, 0.3) is 0 Å². The molecule has 1 fully saturated rings. The summed E-state index contributed by atoms with van der Waals surface area (Å²) in [6.45, 7) is 4.83. The van der Waals surface area contributed by atoms with Gasteiger partial charge in [-0.15, -0.1) is 0 Å². The van der Waals surface area contributed by atoms with Crippen LogP contribution in [0, 0.1) is 5.92 Å². The number of nitrogens with zero attached hydrogens (tertiary/aromatic N) is 1. The molecule has 1 saturated carbocycles. The molecule has 0 bridgehead atoms. The molecule has 0 atom stereocenters. The van der Waals surface area contributed by atoms with Crippen molar-refractivity contribution in [1.29, 1.82) is 0 Å². The Morgan fingerprint density at radius 1 is 1.29 bits per heavy atom. The number of nitrogens with two attached hydrogens (primary N) is 1. The average molecular weight is 232 g/mol. The molecule has 3 heteroatoms. The van der Waals surface area contributed by atoms with Crippen molar-refractivity contribution in [2.45, 2.75) is 25.9 Å². The molecule has 0 spiro atoms. The third-order valence-electron chi connectivity index (χ3n) is 3.69. The van der Waals surface area contributed by atoms with Gasteiger partial charge in [-0.2, -0.15) is 0 Å². The minimum atomic E-state index is 0.852. The molecule has 1 aliphatic carbocycles. The van der Waals surface area contributed by atoms with Gasteiger partial charge in [0.15, 0.2) is 0 Å². The highest BCUT2D eigenvalue weighted by molar-refractivity contribution is 5.52. The van der Waals surface area contributed by atoms with Crippen molar-refractivity contribution in [3.8, 4) is 0 Å². The molecular formula is C14H20N2O. The smallest absolute Gasteiger partial charge is 0.0593 e. The van der Waals surface area contributed by atoms with Crippen molar-refractivity contribution in [3.63, 3.8) is 0 Å². The maximum atomic E-state index is 5.98. The average Bonchev–Trinajstić information content (AvgIpc) is 3.04. The summed E-state index contributed by atoms with van der Waals surface area (Å²) in [4.78, 5) is 2.41. The maximum Gasteiger partial charge on any atom is 0.0593 e. The number of rotatable bonds is 5. The minimum absolute atomic E-state index is 0.852. The van der Waals surface area contributed by atoms with E-state index < -0.39 is 0 Å². The van der Waals surface area contributed by atoms with E-state index >= 15 is 0 Å². The van der Waals surface area contributed by atoms with Crippen LogP contribution in [0.4, 0.5) is 5.69 Å². The predicted molar refractivity (Wildman–Crippen MR) is 68.5 cm³/mol. The molecule has 0 amide bonds. The summed E-state index contributed by atoms with van der Waals surface area (Å²) < 4.78 is 5.68. The fourth-order valence-corrected chi connectivity index (χ4v) is 2.40. The molecule has 1 aromatic rings. The summed E-state index contributed by atoms with van der Waals surface area (Å²) in [5, 5.41) is 0. The van der Waals surface area contributed by atoms with Crippen LogP contribution >= 0.6 is 0 Å². The Morgan fingerprint density at radius 2 is 2.18 bits per heavy atom. The lowest BCUT2D eigenvalue weighted by Gasteiger charge is -2.14. The molecular weight excluding hydrogens is 212 g/mol. The number of nitrogen functional groups attached to an aromatic ring is 1. The lowest BCUT2D eigenvalue weighted by molar-refractivity contribution is 0.0956. The monoisotopic (exact) mass is 232 g/mol. The van der Waals surface area contributed by atoms with Crippen LogP contribution in [0.2, 0.25) is 0 Å². The molecule has 0 aromatic heterocycles. The van der Waals surface area contributed by atoms with Gasteiger partial charge in [-0.1, -0.05) is 12.1 Å². The van der Waals surface area contributed by atoms with Gasteiger partial charge in [0.2, 0.25) is 0 Å². The van der Waals surface area contributed by atoms with E-state index in [4.69, 9.17) is 10.5 Å². The zero-order valence-electron chi connectivity index (χ0n) is 10.2. The molecule has 92 valence electrons. The van der Waals surface area contributed by atoms with Gasteiger partial charge in [0.1, 0.15) is 0 Å². The van der Waals surface area contributed by atoms with E-state index in [0.29, 0.717) is 0 Å². The Kier molecular flexibility index (Phi) is 3.04. The Hall–Kier alpha value is -1.06. The fraction of sp³-hybridized carbons (Fsp3) is 0.571. The number of benzene rings is 1. The van der Waals surface area contributed by atoms with E-state index in [0.717, 1.165) is 44.5 Å². The summed E-state index contributed by atoms with van der Waals surface area (Å²) in [5.41, 5.74) is 9.61. The highest BCUT2D eigenvalue weighted by Crippen LogP contribution is 2.29. The van der Waals surface area contributed by atoms with Gasteiger partial charge < -0.3 is 10.5 Å². The second kappa shape index (κ2) is 4.67.